The number of aryl methyl sites for hydroxylation is 1. The Bertz CT molecular complexity index is 950. The van der Waals surface area contributed by atoms with Crippen LogP contribution in [0.4, 0.5) is 4.39 Å². The second kappa shape index (κ2) is 8.02. The summed E-state index contributed by atoms with van der Waals surface area (Å²) < 4.78 is 39.8. The fraction of sp³-hybridized carbons (Fsp3) is 0.250. The molecular weight excluding hydrogens is 367 g/mol. The van der Waals surface area contributed by atoms with Gasteiger partial charge in [-0.1, -0.05) is 36.4 Å². The van der Waals surface area contributed by atoms with Gasteiger partial charge in [0.2, 0.25) is 10.0 Å². The van der Waals surface area contributed by atoms with Crippen LogP contribution in [-0.2, 0) is 10.0 Å². The van der Waals surface area contributed by atoms with Gasteiger partial charge in [0.05, 0.1) is 0 Å². The Morgan fingerprint density at radius 1 is 1.04 bits per heavy atom. The van der Waals surface area contributed by atoms with Crippen LogP contribution in [-0.4, -0.2) is 49.7 Å². The lowest BCUT2D eigenvalue weighted by Gasteiger charge is -2.33. The Kier molecular flexibility index (Phi) is 5.72. The van der Waals surface area contributed by atoms with Crippen molar-refractivity contribution in [3.05, 3.63) is 76.4 Å². The monoisotopic (exact) mass is 388 g/mol. The molecule has 0 N–H and O–H groups in total. The van der Waals surface area contributed by atoms with Crippen molar-refractivity contribution >= 4 is 22.0 Å². The molecule has 0 unspecified atom stereocenters. The van der Waals surface area contributed by atoms with Crippen LogP contribution in [0.2, 0.25) is 0 Å². The molecule has 3 rings (SSSR count). The average molecular weight is 388 g/mol. The number of carbonyl (C=O) groups excluding carboxylic acids is 1. The van der Waals surface area contributed by atoms with E-state index in [1.54, 1.807) is 24.0 Å². The summed E-state index contributed by atoms with van der Waals surface area (Å²) in [5, 5.41) is 1.19. The van der Waals surface area contributed by atoms with Gasteiger partial charge in [0.15, 0.2) is 0 Å². The number of sulfonamides is 1. The van der Waals surface area contributed by atoms with E-state index >= 15 is 0 Å². The lowest BCUT2D eigenvalue weighted by atomic mass is 10.1. The lowest BCUT2D eigenvalue weighted by molar-refractivity contribution is 0.0697. The number of halogens is 1. The summed E-state index contributed by atoms with van der Waals surface area (Å²) in [6, 6.07) is 13.3. The van der Waals surface area contributed by atoms with Gasteiger partial charge in [0.25, 0.3) is 5.91 Å². The number of piperazine rings is 1. The Hall–Kier alpha value is -2.51. The summed E-state index contributed by atoms with van der Waals surface area (Å²) in [4.78, 5) is 14.2. The molecular formula is C20H21FN2O3S. The van der Waals surface area contributed by atoms with Crippen LogP contribution in [0, 0.1) is 12.7 Å². The third-order valence-corrected chi connectivity index (χ3v) is 6.11. The molecule has 1 amide bonds. The summed E-state index contributed by atoms with van der Waals surface area (Å²) in [5.74, 6) is -0.736. The van der Waals surface area contributed by atoms with Gasteiger partial charge < -0.3 is 4.90 Å². The van der Waals surface area contributed by atoms with Crippen LogP contribution in [0.25, 0.3) is 6.08 Å². The van der Waals surface area contributed by atoms with Gasteiger partial charge in [-0.15, -0.1) is 0 Å². The Labute approximate surface area is 158 Å². The Balaban J connectivity index is 1.65. The molecule has 27 heavy (non-hydrogen) atoms. The van der Waals surface area contributed by atoms with E-state index in [2.05, 4.69) is 0 Å². The normalized spacial score (nSPS) is 16.0. The van der Waals surface area contributed by atoms with Crippen LogP contribution in [0.1, 0.15) is 21.5 Å². The number of hydrogen-bond acceptors (Lipinski definition) is 3. The van der Waals surface area contributed by atoms with Crippen molar-refractivity contribution in [3.8, 4) is 0 Å². The van der Waals surface area contributed by atoms with Gasteiger partial charge in [-0.2, -0.15) is 4.31 Å². The molecule has 2 aromatic carbocycles. The fourth-order valence-corrected chi connectivity index (χ4v) is 4.13. The predicted molar refractivity (Wildman–Crippen MR) is 103 cm³/mol. The maximum atomic E-state index is 13.5. The van der Waals surface area contributed by atoms with E-state index < -0.39 is 15.8 Å². The Morgan fingerprint density at radius 2 is 1.70 bits per heavy atom. The molecule has 0 spiro atoms. The van der Waals surface area contributed by atoms with Crippen molar-refractivity contribution in [2.75, 3.05) is 26.2 Å². The van der Waals surface area contributed by atoms with E-state index in [1.807, 2.05) is 30.3 Å². The highest BCUT2D eigenvalue weighted by Crippen LogP contribution is 2.17. The van der Waals surface area contributed by atoms with E-state index in [-0.39, 0.29) is 32.1 Å². The van der Waals surface area contributed by atoms with Gasteiger partial charge in [0.1, 0.15) is 5.82 Å². The molecule has 1 aliphatic rings. The van der Waals surface area contributed by atoms with Gasteiger partial charge in [-0.05, 0) is 36.3 Å². The lowest BCUT2D eigenvalue weighted by Crippen LogP contribution is -2.50. The van der Waals surface area contributed by atoms with E-state index in [1.165, 1.54) is 21.8 Å². The zero-order chi connectivity index (χ0) is 19.4. The molecule has 0 aliphatic carbocycles. The zero-order valence-corrected chi connectivity index (χ0v) is 15.8. The van der Waals surface area contributed by atoms with Gasteiger partial charge in [-0.25, -0.2) is 12.8 Å². The van der Waals surface area contributed by atoms with Crippen LogP contribution in [0.15, 0.2) is 53.9 Å². The van der Waals surface area contributed by atoms with Crippen molar-refractivity contribution in [1.82, 2.24) is 9.21 Å². The van der Waals surface area contributed by atoms with Gasteiger partial charge in [-0.3, -0.25) is 4.79 Å². The third-order valence-electron chi connectivity index (χ3n) is 4.55. The first kappa shape index (κ1) is 19.3. The quantitative estimate of drug-likeness (QED) is 0.809. The minimum atomic E-state index is -3.56. The molecule has 1 fully saturated rings. The van der Waals surface area contributed by atoms with Crippen molar-refractivity contribution in [2.45, 2.75) is 6.92 Å². The average Bonchev–Trinajstić information content (AvgIpc) is 2.69. The van der Waals surface area contributed by atoms with Gasteiger partial charge in [0, 0.05) is 37.2 Å². The molecule has 7 heteroatoms. The summed E-state index contributed by atoms with van der Waals surface area (Å²) in [6.07, 6.45) is 1.56. The van der Waals surface area contributed by atoms with E-state index in [0.29, 0.717) is 11.1 Å². The topological polar surface area (TPSA) is 57.7 Å². The molecule has 1 heterocycles. The number of nitrogens with zero attached hydrogens (tertiary/aromatic N) is 2. The first-order valence-electron chi connectivity index (χ1n) is 8.65. The van der Waals surface area contributed by atoms with Gasteiger partial charge >= 0.3 is 0 Å². The maximum Gasteiger partial charge on any atom is 0.254 e. The molecule has 142 valence electrons. The summed E-state index contributed by atoms with van der Waals surface area (Å²) in [6.45, 7) is 2.71. The highest BCUT2D eigenvalue weighted by atomic mass is 32.2. The number of benzene rings is 2. The van der Waals surface area contributed by atoms with Crippen molar-refractivity contribution in [3.63, 3.8) is 0 Å². The molecule has 5 nitrogen and oxygen atoms in total. The molecule has 0 aromatic heterocycles. The minimum Gasteiger partial charge on any atom is -0.336 e. The number of carbonyl (C=O) groups is 1. The minimum absolute atomic E-state index is 0.210. The highest BCUT2D eigenvalue weighted by Gasteiger charge is 2.28. The number of hydrogen-bond donors (Lipinski definition) is 0. The van der Waals surface area contributed by atoms with Crippen molar-refractivity contribution < 1.29 is 17.6 Å². The molecule has 0 atom stereocenters. The number of amides is 1. The Morgan fingerprint density at radius 3 is 2.37 bits per heavy atom. The first-order valence-corrected chi connectivity index (χ1v) is 10.2. The summed E-state index contributed by atoms with van der Waals surface area (Å²) >= 11 is 0. The highest BCUT2D eigenvalue weighted by molar-refractivity contribution is 7.92. The molecule has 2 aromatic rings. The standard InChI is InChI=1S/C20H21FN2O3S/c1-16-7-8-18(21)15-19(16)20(24)22-10-12-23(13-11-22)27(25,26)14-9-17-5-3-2-4-6-17/h2-9,14-15H,10-13H2,1H3/b14-9+. The van der Waals surface area contributed by atoms with E-state index in [9.17, 15) is 17.6 Å². The first-order chi connectivity index (χ1) is 12.9. The second-order valence-corrected chi connectivity index (χ2v) is 8.23. The SMILES string of the molecule is Cc1ccc(F)cc1C(=O)N1CCN(S(=O)(=O)/C=C/c2ccccc2)CC1. The van der Waals surface area contributed by atoms with Crippen molar-refractivity contribution in [2.24, 2.45) is 0 Å². The summed E-state index contributed by atoms with van der Waals surface area (Å²) in [7, 11) is -3.56. The van der Waals surface area contributed by atoms with Crippen LogP contribution >= 0.6 is 0 Å². The zero-order valence-electron chi connectivity index (χ0n) is 15.0. The maximum absolute atomic E-state index is 13.5. The molecule has 0 saturated carbocycles. The van der Waals surface area contributed by atoms with Crippen molar-refractivity contribution in [1.29, 1.82) is 0 Å². The smallest absolute Gasteiger partial charge is 0.254 e. The predicted octanol–water partition coefficient (Wildman–Crippen LogP) is 2.89. The largest absolute Gasteiger partial charge is 0.336 e. The molecule has 0 bridgehead atoms. The molecule has 0 radical (unpaired) electrons. The van der Waals surface area contributed by atoms with Crippen LogP contribution < -0.4 is 0 Å². The fourth-order valence-electron chi connectivity index (χ4n) is 2.96. The third kappa shape index (κ3) is 4.61. The second-order valence-electron chi connectivity index (χ2n) is 6.41. The molecule has 1 saturated heterocycles. The molecule has 1 aliphatic heterocycles. The number of rotatable bonds is 4. The van der Waals surface area contributed by atoms with E-state index in [4.69, 9.17) is 0 Å². The van der Waals surface area contributed by atoms with Crippen LogP contribution in [0.3, 0.4) is 0 Å². The summed E-state index contributed by atoms with van der Waals surface area (Å²) in [5.41, 5.74) is 1.81. The van der Waals surface area contributed by atoms with Crippen LogP contribution in [0.5, 0.6) is 0 Å². The van der Waals surface area contributed by atoms with E-state index in [0.717, 1.165) is 5.56 Å².